The Morgan fingerprint density at radius 3 is 2.41 bits per heavy atom. The molecule has 204 valence electrons. The van der Waals surface area contributed by atoms with Gasteiger partial charge in [0.25, 0.3) is 11.8 Å². The van der Waals surface area contributed by atoms with Gasteiger partial charge in [0.1, 0.15) is 18.1 Å². The number of fused-ring (bicyclic) bond motifs is 1. The molecule has 0 bridgehead atoms. The summed E-state index contributed by atoms with van der Waals surface area (Å²) in [6.45, 7) is 5.37. The first-order valence-electron chi connectivity index (χ1n) is 13.0. The minimum atomic E-state index is -3.55. The molecule has 0 aliphatic carbocycles. The van der Waals surface area contributed by atoms with Crippen molar-refractivity contribution in [2.45, 2.75) is 37.7 Å². The van der Waals surface area contributed by atoms with Gasteiger partial charge in [-0.3, -0.25) is 9.59 Å². The fourth-order valence-electron chi connectivity index (χ4n) is 4.67. The van der Waals surface area contributed by atoms with E-state index in [0.717, 1.165) is 24.2 Å². The lowest BCUT2D eigenvalue weighted by Gasteiger charge is -2.33. The van der Waals surface area contributed by atoms with Crippen molar-refractivity contribution in [2.75, 3.05) is 36.5 Å². The molecule has 10 heteroatoms. The highest BCUT2D eigenvalue weighted by molar-refractivity contribution is 7.89. The number of carbonyl (C=O) groups is 2. The van der Waals surface area contributed by atoms with Crippen molar-refractivity contribution in [1.29, 1.82) is 0 Å². The SMILES string of the molecule is Cc1ccc(OCCN2C(=O)C(C)Oc3cc(NC(=O)c4ccc(S(=O)(=O)N5CCCC5)cc4)ccc32)cc1. The second kappa shape index (κ2) is 11.1. The van der Waals surface area contributed by atoms with Gasteiger partial charge >= 0.3 is 0 Å². The van der Waals surface area contributed by atoms with E-state index in [-0.39, 0.29) is 16.7 Å². The summed E-state index contributed by atoms with van der Waals surface area (Å²) in [4.78, 5) is 27.5. The van der Waals surface area contributed by atoms with Crippen LogP contribution in [0.3, 0.4) is 0 Å². The van der Waals surface area contributed by atoms with Crippen LogP contribution < -0.4 is 19.7 Å². The fraction of sp³-hybridized carbons (Fsp3) is 0.310. The van der Waals surface area contributed by atoms with E-state index < -0.39 is 16.1 Å². The number of nitrogens with one attached hydrogen (secondary N) is 1. The summed E-state index contributed by atoms with van der Waals surface area (Å²) in [5, 5.41) is 2.82. The first-order valence-corrected chi connectivity index (χ1v) is 14.4. The van der Waals surface area contributed by atoms with Crippen LogP contribution in [0.1, 0.15) is 35.7 Å². The molecule has 1 saturated heterocycles. The van der Waals surface area contributed by atoms with Gasteiger partial charge in [0.2, 0.25) is 10.0 Å². The standard InChI is InChI=1S/C29H31N3O6S/c1-20-5-10-24(11-6-20)37-18-17-32-26-14-9-23(19-27(26)38-21(2)29(32)34)30-28(33)22-7-12-25(13-8-22)39(35,36)31-15-3-4-16-31/h5-14,19,21H,3-4,15-18H2,1-2H3,(H,30,33). The third kappa shape index (κ3) is 5.76. The molecule has 1 unspecified atom stereocenters. The Balaban J connectivity index is 1.25. The number of nitrogens with zero attached hydrogens (tertiary/aromatic N) is 2. The first kappa shape index (κ1) is 26.7. The third-order valence-corrected chi connectivity index (χ3v) is 8.76. The molecule has 3 aromatic rings. The van der Waals surface area contributed by atoms with Gasteiger partial charge in [0.15, 0.2) is 6.10 Å². The zero-order valence-corrected chi connectivity index (χ0v) is 22.7. The largest absolute Gasteiger partial charge is 0.492 e. The molecule has 0 spiro atoms. The minimum Gasteiger partial charge on any atom is -0.492 e. The average molecular weight is 550 g/mol. The molecule has 1 atom stereocenters. The number of sulfonamides is 1. The molecule has 3 aromatic carbocycles. The predicted molar refractivity (Wildman–Crippen MR) is 148 cm³/mol. The predicted octanol–water partition coefficient (Wildman–Crippen LogP) is 4.22. The van der Waals surface area contributed by atoms with Crippen LogP contribution in [0.5, 0.6) is 11.5 Å². The van der Waals surface area contributed by atoms with Crippen molar-refractivity contribution < 1.29 is 27.5 Å². The van der Waals surface area contributed by atoms with E-state index in [4.69, 9.17) is 9.47 Å². The lowest BCUT2D eigenvalue weighted by Crippen LogP contribution is -2.46. The minimum absolute atomic E-state index is 0.171. The average Bonchev–Trinajstić information content (AvgIpc) is 3.48. The van der Waals surface area contributed by atoms with Crippen molar-refractivity contribution in [1.82, 2.24) is 4.31 Å². The molecular formula is C29H31N3O6S. The number of aryl methyl sites for hydroxylation is 1. The zero-order chi connectivity index (χ0) is 27.6. The number of amides is 2. The van der Waals surface area contributed by atoms with Crippen LogP contribution in [-0.4, -0.2) is 56.9 Å². The van der Waals surface area contributed by atoms with Gasteiger partial charge in [-0.1, -0.05) is 17.7 Å². The van der Waals surface area contributed by atoms with Crippen LogP contribution in [0.2, 0.25) is 0 Å². The summed E-state index contributed by atoms with van der Waals surface area (Å²) in [5.41, 5.74) is 2.55. The molecule has 2 aliphatic heterocycles. The highest BCUT2D eigenvalue weighted by atomic mass is 32.2. The summed E-state index contributed by atoms with van der Waals surface area (Å²) in [7, 11) is -3.55. The number of hydrogen-bond acceptors (Lipinski definition) is 6. The van der Waals surface area contributed by atoms with Crippen molar-refractivity contribution in [3.63, 3.8) is 0 Å². The van der Waals surface area contributed by atoms with Gasteiger partial charge in [-0.25, -0.2) is 8.42 Å². The third-order valence-electron chi connectivity index (χ3n) is 6.85. The van der Waals surface area contributed by atoms with Gasteiger partial charge in [0.05, 0.1) is 17.1 Å². The maximum Gasteiger partial charge on any atom is 0.267 e. The Morgan fingerprint density at radius 2 is 1.72 bits per heavy atom. The number of anilines is 2. The Bertz CT molecular complexity index is 1470. The molecule has 5 rings (SSSR count). The van der Waals surface area contributed by atoms with E-state index in [1.807, 2.05) is 31.2 Å². The van der Waals surface area contributed by atoms with Crippen molar-refractivity contribution in [2.24, 2.45) is 0 Å². The van der Waals surface area contributed by atoms with Crippen molar-refractivity contribution >= 4 is 33.2 Å². The number of ether oxygens (including phenoxy) is 2. The normalized spacial score (nSPS) is 17.4. The quantitative estimate of drug-likeness (QED) is 0.451. The monoisotopic (exact) mass is 549 g/mol. The molecule has 0 radical (unpaired) electrons. The van der Waals surface area contributed by atoms with Crippen molar-refractivity contribution in [3.8, 4) is 11.5 Å². The van der Waals surface area contributed by atoms with Gasteiger partial charge < -0.3 is 19.7 Å². The Labute approximate surface area is 228 Å². The van der Waals surface area contributed by atoms with E-state index in [1.54, 1.807) is 30.0 Å². The Morgan fingerprint density at radius 1 is 1.03 bits per heavy atom. The molecule has 9 nitrogen and oxygen atoms in total. The lowest BCUT2D eigenvalue weighted by molar-refractivity contribution is -0.125. The van der Waals surface area contributed by atoms with Crippen molar-refractivity contribution in [3.05, 3.63) is 77.9 Å². The van der Waals surface area contributed by atoms with Crippen LogP contribution in [0, 0.1) is 6.92 Å². The molecule has 1 fully saturated rings. The summed E-state index contributed by atoms with van der Waals surface area (Å²) in [6, 6.07) is 18.7. The molecule has 2 heterocycles. The number of rotatable bonds is 8. The molecule has 0 saturated carbocycles. The van der Waals surface area contributed by atoms with Gasteiger partial charge in [-0.05, 0) is 75.2 Å². The fourth-order valence-corrected chi connectivity index (χ4v) is 6.18. The van der Waals surface area contributed by atoms with Crippen LogP contribution in [0.15, 0.2) is 71.6 Å². The summed E-state index contributed by atoms with van der Waals surface area (Å²) >= 11 is 0. The Kier molecular flexibility index (Phi) is 7.58. The van der Waals surface area contributed by atoms with E-state index in [9.17, 15) is 18.0 Å². The maximum atomic E-state index is 12.9. The van der Waals surface area contributed by atoms with E-state index in [2.05, 4.69) is 5.32 Å². The van der Waals surface area contributed by atoms with Gasteiger partial charge in [-0.15, -0.1) is 0 Å². The number of benzene rings is 3. The second-order valence-electron chi connectivity index (χ2n) is 9.68. The van der Waals surface area contributed by atoms with Gasteiger partial charge in [-0.2, -0.15) is 4.31 Å². The molecule has 2 aliphatic rings. The Hall–Kier alpha value is -3.89. The lowest BCUT2D eigenvalue weighted by atomic mass is 10.1. The van der Waals surface area contributed by atoms with Crippen LogP contribution >= 0.6 is 0 Å². The highest BCUT2D eigenvalue weighted by Crippen LogP contribution is 2.36. The van der Waals surface area contributed by atoms with Gasteiger partial charge in [0, 0.05) is 30.4 Å². The molecular weight excluding hydrogens is 518 g/mol. The van der Waals surface area contributed by atoms with E-state index in [1.165, 1.54) is 28.6 Å². The van der Waals surface area contributed by atoms with E-state index in [0.29, 0.717) is 48.9 Å². The molecule has 1 N–H and O–H groups in total. The van der Waals surface area contributed by atoms with E-state index >= 15 is 0 Å². The van der Waals surface area contributed by atoms with Crippen LogP contribution in [-0.2, 0) is 14.8 Å². The molecule has 0 aromatic heterocycles. The smallest absolute Gasteiger partial charge is 0.267 e. The number of carbonyl (C=O) groups excluding carboxylic acids is 2. The summed E-state index contributed by atoms with van der Waals surface area (Å²) in [6.07, 6.45) is 1.03. The maximum absolute atomic E-state index is 12.9. The summed E-state index contributed by atoms with van der Waals surface area (Å²) in [5.74, 6) is 0.649. The van der Waals surface area contributed by atoms with Crippen LogP contribution in [0.4, 0.5) is 11.4 Å². The molecule has 39 heavy (non-hydrogen) atoms. The molecule has 2 amide bonds. The summed E-state index contributed by atoms with van der Waals surface area (Å²) < 4.78 is 38.6. The second-order valence-corrected chi connectivity index (χ2v) is 11.6. The van der Waals surface area contributed by atoms with Crippen LogP contribution in [0.25, 0.3) is 0 Å². The highest BCUT2D eigenvalue weighted by Gasteiger charge is 2.32. The topological polar surface area (TPSA) is 105 Å². The number of hydrogen-bond donors (Lipinski definition) is 1. The zero-order valence-electron chi connectivity index (χ0n) is 21.9. The first-order chi connectivity index (χ1) is 18.7.